The number of hydrogen-bond acceptors (Lipinski definition) is 0. The van der Waals surface area contributed by atoms with Gasteiger partial charge in [-0.2, -0.15) is 0 Å². The minimum absolute atomic E-state index is 0. The third kappa shape index (κ3) is 5.41. The Morgan fingerprint density at radius 2 is 1.07 bits per heavy atom. The molecule has 0 heterocycles. The fourth-order valence-electron chi connectivity index (χ4n) is 2.46. The van der Waals surface area contributed by atoms with Crippen molar-refractivity contribution in [3.05, 3.63) is 0 Å². The molecule has 0 radical (unpaired) electrons. The Morgan fingerprint density at radius 3 is 1.21 bits per heavy atom. The van der Waals surface area contributed by atoms with Gasteiger partial charge in [0.25, 0.3) is 0 Å². The Kier molecular flexibility index (Phi) is 8.05. The first-order valence-corrected chi connectivity index (χ1v) is 6.20. The first-order chi connectivity index (χ1) is 6.20. The summed E-state index contributed by atoms with van der Waals surface area (Å²) >= 11 is 0. The normalized spacial score (nSPS) is 31.9. The van der Waals surface area contributed by atoms with E-state index in [0.717, 1.165) is 17.8 Å². The molecule has 0 bridgehead atoms. The first kappa shape index (κ1) is 14.5. The Bertz CT molecular complexity index is 119. The molecule has 2 unspecified atom stereocenters. The van der Waals surface area contributed by atoms with Crippen molar-refractivity contribution in [3.63, 3.8) is 0 Å². The summed E-state index contributed by atoms with van der Waals surface area (Å²) in [5.41, 5.74) is 0. The number of hydrogen-bond donors (Lipinski definition) is 0. The number of rotatable bonds is 0. The van der Waals surface area contributed by atoms with Gasteiger partial charge in [0.05, 0.1) is 0 Å². The van der Waals surface area contributed by atoms with Crippen molar-refractivity contribution < 1.29 is 17.1 Å². The van der Waals surface area contributed by atoms with Gasteiger partial charge in [0, 0.05) is 17.1 Å². The zero-order chi connectivity index (χ0) is 9.68. The van der Waals surface area contributed by atoms with Crippen LogP contribution in [0.2, 0.25) is 0 Å². The predicted molar refractivity (Wildman–Crippen MR) is 59.8 cm³/mol. The summed E-state index contributed by atoms with van der Waals surface area (Å²) < 4.78 is 0. The van der Waals surface area contributed by atoms with Crippen LogP contribution in [0.1, 0.15) is 65.7 Å². The third-order valence-electron chi connectivity index (χ3n) is 3.93. The summed E-state index contributed by atoms with van der Waals surface area (Å²) in [5.74, 6) is 3.07. The van der Waals surface area contributed by atoms with E-state index in [9.17, 15) is 0 Å². The van der Waals surface area contributed by atoms with Crippen LogP contribution in [0.5, 0.6) is 0 Å². The Balaban J connectivity index is 0.000000227. The molecule has 2 atom stereocenters. The molecule has 0 aromatic carbocycles. The summed E-state index contributed by atoms with van der Waals surface area (Å²) in [7, 11) is 0. The van der Waals surface area contributed by atoms with Gasteiger partial charge in [0.1, 0.15) is 0 Å². The molecule has 2 saturated carbocycles. The molecule has 0 amide bonds. The topological polar surface area (TPSA) is 0 Å². The Morgan fingerprint density at radius 1 is 0.643 bits per heavy atom. The van der Waals surface area contributed by atoms with E-state index in [1.807, 2.05) is 0 Å². The van der Waals surface area contributed by atoms with Crippen LogP contribution in [0.25, 0.3) is 0 Å². The van der Waals surface area contributed by atoms with Crippen molar-refractivity contribution >= 4 is 0 Å². The molecule has 0 nitrogen and oxygen atoms in total. The van der Waals surface area contributed by atoms with E-state index in [1.54, 1.807) is 0 Å². The maximum atomic E-state index is 2.36. The summed E-state index contributed by atoms with van der Waals surface area (Å²) in [6, 6.07) is 0. The second kappa shape index (κ2) is 7.76. The van der Waals surface area contributed by atoms with Crippen molar-refractivity contribution in [2.24, 2.45) is 17.8 Å². The maximum Gasteiger partial charge on any atom is 0 e. The average molecular weight is 238 g/mol. The van der Waals surface area contributed by atoms with Gasteiger partial charge in [-0.3, -0.25) is 0 Å². The molecule has 14 heavy (non-hydrogen) atoms. The van der Waals surface area contributed by atoms with Gasteiger partial charge < -0.3 is 0 Å². The Labute approximate surface area is 101 Å². The fraction of sp³-hybridized carbons (Fsp3) is 1.00. The van der Waals surface area contributed by atoms with Crippen molar-refractivity contribution in [2.75, 3.05) is 0 Å². The van der Waals surface area contributed by atoms with Gasteiger partial charge in [0.15, 0.2) is 0 Å². The monoisotopic (exact) mass is 238 g/mol. The Hall–Kier alpha value is 0.519. The van der Waals surface area contributed by atoms with Crippen LogP contribution in [-0.2, 0) is 17.1 Å². The minimum atomic E-state index is 0. The summed E-state index contributed by atoms with van der Waals surface area (Å²) in [6.45, 7) is 7.06. The van der Waals surface area contributed by atoms with Gasteiger partial charge in [-0.15, -0.1) is 0 Å². The van der Waals surface area contributed by atoms with Crippen LogP contribution in [0.15, 0.2) is 0 Å². The molecule has 0 aromatic rings. The van der Waals surface area contributed by atoms with E-state index in [2.05, 4.69) is 20.8 Å². The van der Waals surface area contributed by atoms with E-state index in [0.29, 0.717) is 0 Å². The van der Waals surface area contributed by atoms with Gasteiger partial charge in [-0.05, 0) is 17.8 Å². The molecule has 2 fully saturated rings. The van der Waals surface area contributed by atoms with Crippen LogP contribution in [0, 0.1) is 17.8 Å². The first-order valence-electron chi connectivity index (χ1n) is 6.20. The van der Waals surface area contributed by atoms with E-state index >= 15 is 0 Å². The van der Waals surface area contributed by atoms with Crippen LogP contribution >= 0.6 is 0 Å². The molecule has 0 aromatic heterocycles. The van der Waals surface area contributed by atoms with Crippen molar-refractivity contribution in [1.29, 1.82) is 0 Å². The average Bonchev–Trinajstić information content (AvgIpc) is 2.67. The van der Waals surface area contributed by atoms with Crippen molar-refractivity contribution in [2.45, 2.75) is 65.7 Å². The van der Waals surface area contributed by atoms with Crippen molar-refractivity contribution in [3.8, 4) is 0 Å². The second-order valence-electron chi connectivity index (χ2n) is 5.28. The molecule has 2 rings (SSSR count). The molecule has 0 N–H and O–H groups in total. The molecule has 86 valence electrons. The smallest absolute Gasteiger partial charge is 0 e. The largest absolute Gasteiger partial charge is 0.0625 e. The SMILES string of the molecule is CC1CCCC1.CC1CCCC1C.[Fe]. The van der Waals surface area contributed by atoms with E-state index in [4.69, 9.17) is 0 Å². The molecular weight excluding hydrogens is 212 g/mol. The van der Waals surface area contributed by atoms with Crippen LogP contribution in [0.3, 0.4) is 0 Å². The zero-order valence-electron chi connectivity index (χ0n) is 10.0. The van der Waals surface area contributed by atoms with Gasteiger partial charge >= 0.3 is 0 Å². The standard InChI is InChI=1S/C7H14.C6H12.Fe/c1-6-4-3-5-7(6)2;1-6-4-2-3-5-6;/h6-7H,3-5H2,1-2H3;6H,2-5H2,1H3;. The van der Waals surface area contributed by atoms with Crippen LogP contribution < -0.4 is 0 Å². The van der Waals surface area contributed by atoms with Crippen LogP contribution in [-0.4, -0.2) is 0 Å². The molecule has 2 aliphatic rings. The molecule has 1 heteroatoms. The third-order valence-corrected chi connectivity index (χ3v) is 3.93. The predicted octanol–water partition coefficient (Wildman–Crippen LogP) is 4.64. The molecule has 0 aliphatic heterocycles. The van der Waals surface area contributed by atoms with Crippen LogP contribution in [0.4, 0.5) is 0 Å². The molecular formula is C13H26Fe. The van der Waals surface area contributed by atoms with Gasteiger partial charge in [0.2, 0.25) is 0 Å². The summed E-state index contributed by atoms with van der Waals surface area (Å²) in [5, 5.41) is 0. The van der Waals surface area contributed by atoms with Crippen molar-refractivity contribution in [1.82, 2.24) is 0 Å². The van der Waals surface area contributed by atoms with E-state index < -0.39 is 0 Å². The second-order valence-corrected chi connectivity index (χ2v) is 5.28. The van der Waals surface area contributed by atoms with E-state index in [-0.39, 0.29) is 17.1 Å². The van der Waals surface area contributed by atoms with Gasteiger partial charge in [-0.25, -0.2) is 0 Å². The van der Waals surface area contributed by atoms with E-state index in [1.165, 1.54) is 44.9 Å². The molecule has 0 saturated heterocycles. The quantitative estimate of drug-likeness (QED) is 0.539. The summed E-state index contributed by atoms with van der Waals surface area (Å²) in [4.78, 5) is 0. The summed E-state index contributed by atoms with van der Waals surface area (Å²) in [6.07, 6.45) is 10.4. The maximum absolute atomic E-state index is 2.36. The minimum Gasteiger partial charge on any atom is -0.0625 e. The molecule has 0 spiro atoms. The zero-order valence-corrected chi connectivity index (χ0v) is 11.1. The fourth-order valence-corrected chi connectivity index (χ4v) is 2.46. The molecule has 2 aliphatic carbocycles. The van der Waals surface area contributed by atoms with Gasteiger partial charge in [-0.1, -0.05) is 65.7 Å².